The van der Waals surface area contributed by atoms with Crippen LogP contribution >= 0.6 is 0 Å². The number of carboxylic acids is 1. The largest absolute Gasteiger partial charge is 0.481 e. The lowest BCUT2D eigenvalue weighted by Gasteiger charge is -2.19. The lowest BCUT2D eigenvalue weighted by molar-refractivity contribution is -0.138. The van der Waals surface area contributed by atoms with Crippen molar-refractivity contribution < 1.29 is 22.5 Å². The molecule has 0 aliphatic heterocycles. The smallest absolute Gasteiger partial charge is 0.303 e. The Hall–Kier alpha value is -1.40. The van der Waals surface area contributed by atoms with Crippen LogP contribution in [-0.2, 0) is 19.1 Å². The van der Waals surface area contributed by atoms with Gasteiger partial charge in [0, 0.05) is 0 Å². The van der Waals surface area contributed by atoms with Crippen LogP contribution in [0.25, 0.3) is 0 Å². The van der Waals surface area contributed by atoms with Crippen molar-refractivity contribution in [2.24, 2.45) is 11.8 Å². The minimum atomic E-state index is -3.85. The van der Waals surface area contributed by atoms with Gasteiger partial charge in [-0.05, 0) is 37.3 Å². The highest BCUT2D eigenvalue weighted by atomic mass is 32.2. The van der Waals surface area contributed by atoms with Crippen molar-refractivity contribution in [2.75, 3.05) is 6.61 Å². The molecule has 1 rings (SSSR count). The Morgan fingerprint density at radius 3 is 2.39 bits per heavy atom. The molecule has 0 spiro atoms. The molecule has 0 aliphatic rings. The minimum absolute atomic E-state index is 0.0858. The summed E-state index contributed by atoms with van der Waals surface area (Å²) in [5, 5.41) is 9.00. The molecule has 6 heteroatoms. The predicted molar refractivity (Wildman–Crippen MR) is 88.7 cm³/mol. The first-order valence-corrected chi connectivity index (χ1v) is 9.33. The van der Waals surface area contributed by atoms with Crippen LogP contribution in [0.4, 0.5) is 0 Å². The maximum atomic E-state index is 12.2. The summed E-state index contributed by atoms with van der Waals surface area (Å²) in [6, 6.07) is 6.40. The number of hydrogen-bond donors (Lipinski definition) is 1. The molecule has 5 nitrogen and oxygen atoms in total. The fraction of sp³-hybridized carbons (Fsp3) is 0.588. The van der Waals surface area contributed by atoms with Gasteiger partial charge >= 0.3 is 5.97 Å². The molecule has 0 radical (unpaired) electrons. The first-order chi connectivity index (χ1) is 10.7. The van der Waals surface area contributed by atoms with E-state index in [2.05, 4.69) is 6.92 Å². The van der Waals surface area contributed by atoms with Crippen molar-refractivity contribution in [3.8, 4) is 0 Å². The molecule has 0 amide bonds. The molecular weight excluding hydrogens is 316 g/mol. The monoisotopic (exact) mass is 342 g/mol. The maximum Gasteiger partial charge on any atom is 0.303 e. The summed E-state index contributed by atoms with van der Waals surface area (Å²) in [7, 11) is -3.85. The zero-order valence-corrected chi connectivity index (χ0v) is 14.8. The van der Waals surface area contributed by atoms with Gasteiger partial charge in [0.15, 0.2) is 0 Å². The fourth-order valence-corrected chi connectivity index (χ4v) is 3.57. The molecule has 0 heterocycles. The van der Waals surface area contributed by atoms with Crippen molar-refractivity contribution in [1.82, 2.24) is 0 Å². The average Bonchev–Trinajstić information content (AvgIpc) is 2.45. The molecule has 0 saturated heterocycles. The van der Waals surface area contributed by atoms with Crippen molar-refractivity contribution in [3.63, 3.8) is 0 Å². The highest BCUT2D eigenvalue weighted by molar-refractivity contribution is 7.86. The fourth-order valence-electron chi connectivity index (χ4n) is 2.60. The van der Waals surface area contributed by atoms with E-state index in [4.69, 9.17) is 9.29 Å². The first kappa shape index (κ1) is 19.6. The second kappa shape index (κ2) is 9.03. The second-order valence-electron chi connectivity index (χ2n) is 6.15. The van der Waals surface area contributed by atoms with Crippen LogP contribution in [0.15, 0.2) is 29.2 Å². The molecule has 0 fully saturated rings. The summed E-state index contributed by atoms with van der Waals surface area (Å²) in [5.74, 6) is -0.903. The number of benzene rings is 1. The number of rotatable bonds is 10. The van der Waals surface area contributed by atoms with Gasteiger partial charge in [-0.25, -0.2) is 0 Å². The normalized spacial score (nSPS) is 14.4. The van der Waals surface area contributed by atoms with Crippen molar-refractivity contribution in [2.45, 2.75) is 51.3 Å². The van der Waals surface area contributed by atoms with Crippen LogP contribution in [0, 0.1) is 18.8 Å². The van der Waals surface area contributed by atoms with Gasteiger partial charge in [0.05, 0.1) is 17.9 Å². The summed E-state index contributed by atoms with van der Waals surface area (Å²) in [4.78, 5) is 11.1. The molecule has 1 N–H and O–H groups in total. The standard InChI is InChI=1S/C17H26O5S/c1-4-5-14(3)10-15(11-17(18)19)12-22-23(20,21)16-8-6-13(2)7-9-16/h6-9,14-15H,4-5,10-12H2,1-3H3,(H,18,19)/t14-,15+/m1/s1. The van der Waals surface area contributed by atoms with Crippen LogP contribution in [0.2, 0.25) is 0 Å². The van der Waals surface area contributed by atoms with E-state index in [9.17, 15) is 13.2 Å². The van der Waals surface area contributed by atoms with Crippen LogP contribution < -0.4 is 0 Å². The van der Waals surface area contributed by atoms with Crippen LogP contribution in [0.5, 0.6) is 0 Å². The maximum absolute atomic E-state index is 12.2. The van der Waals surface area contributed by atoms with Gasteiger partial charge in [0.25, 0.3) is 10.1 Å². The van der Waals surface area contributed by atoms with Gasteiger partial charge in [-0.15, -0.1) is 0 Å². The number of aryl methyl sites for hydroxylation is 1. The van der Waals surface area contributed by atoms with Gasteiger partial charge in [-0.3, -0.25) is 8.98 Å². The van der Waals surface area contributed by atoms with E-state index in [1.807, 2.05) is 13.8 Å². The molecule has 1 aromatic rings. The quantitative estimate of drug-likeness (QED) is 0.657. The van der Waals surface area contributed by atoms with E-state index in [1.165, 1.54) is 12.1 Å². The van der Waals surface area contributed by atoms with Gasteiger partial charge < -0.3 is 5.11 Å². The van der Waals surface area contributed by atoms with E-state index in [-0.39, 0.29) is 23.8 Å². The summed E-state index contributed by atoms with van der Waals surface area (Å²) >= 11 is 0. The number of carboxylic acid groups (broad SMARTS) is 1. The number of aliphatic carboxylic acids is 1. The van der Waals surface area contributed by atoms with E-state index >= 15 is 0 Å². The van der Waals surface area contributed by atoms with Crippen LogP contribution in [0.3, 0.4) is 0 Å². The molecule has 0 aliphatic carbocycles. The highest BCUT2D eigenvalue weighted by Gasteiger charge is 2.22. The Balaban J connectivity index is 2.71. The van der Waals surface area contributed by atoms with E-state index in [1.54, 1.807) is 12.1 Å². The SMILES string of the molecule is CCC[C@@H](C)C[C@H](COS(=O)(=O)c1ccc(C)cc1)CC(=O)O. The van der Waals surface area contributed by atoms with E-state index in [0.717, 1.165) is 18.4 Å². The van der Waals surface area contributed by atoms with Crippen LogP contribution in [0.1, 0.15) is 45.1 Å². The summed E-state index contributed by atoms with van der Waals surface area (Å²) < 4.78 is 29.5. The van der Waals surface area contributed by atoms with Crippen molar-refractivity contribution in [1.29, 1.82) is 0 Å². The Bertz CT molecular complexity index is 592. The average molecular weight is 342 g/mol. The molecule has 1 aromatic carbocycles. The zero-order chi connectivity index (χ0) is 17.5. The topological polar surface area (TPSA) is 80.7 Å². The first-order valence-electron chi connectivity index (χ1n) is 7.92. The Kier molecular flexibility index (Phi) is 7.72. The summed E-state index contributed by atoms with van der Waals surface area (Å²) in [6.45, 7) is 5.89. The molecule has 0 saturated carbocycles. The highest BCUT2D eigenvalue weighted by Crippen LogP contribution is 2.22. The molecule has 0 aromatic heterocycles. The van der Waals surface area contributed by atoms with Gasteiger partial charge in [-0.1, -0.05) is 44.4 Å². The molecular formula is C17H26O5S. The lowest BCUT2D eigenvalue weighted by Crippen LogP contribution is -2.20. The van der Waals surface area contributed by atoms with Crippen LogP contribution in [-0.4, -0.2) is 26.1 Å². The Morgan fingerprint density at radius 2 is 1.87 bits per heavy atom. The van der Waals surface area contributed by atoms with Gasteiger partial charge in [0.2, 0.25) is 0 Å². The molecule has 23 heavy (non-hydrogen) atoms. The molecule has 0 unspecified atom stereocenters. The van der Waals surface area contributed by atoms with E-state index in [0.29, 0.717) is 12.3 Å². The molecule has 2 atom stereocenters. The minimum Gasteiger partial charge on any atom is -0.481 e. The second-order valence-corrected chi connectivity index (χ2v) is 7.76. The Morgan fingerprint density at radius 1 is 1.26 bits per heavy atom. The molecule has 0 bridgehead atoms. The number of carbonyl (C=O) groups is 1. The Labute approximate surface area is 138 Å². The van der Waals surface area contributed by atoms with Crippen molar-refractivity contribution >= 4 is 16.1 Å². The lowest BCUT2D eigenvalue weighted by atomic mass is 9.91. The van der Waals surface area contributed by atoms with Gasteiger partial charge in [-0.2, -0.15) is 8.42 Å². The summed E-state index contributed by atoms with van der Waals surface area (Å²) in [6.07, 6.45) is 2.56. The van der Waals surface area contributed by atoms with Crippen molar-refractivity contribution in [3.05, 3.63) is 29.8 Å². The zero-order valence-electron chi connectivity index (χ0n) is 14.0. The third-order valence-corrected chi connectivity index (χ3v) is 5.04. The number of hydrogen-bond acceptors (Lipinski definition) is 4. The molecule has 130 valence electrons. The third-order valence-electron chi connectivity index (χ3n) is 3.75. The van der Waals surface area contributed by atoms with Gasteiger partial charge in [0.1, 0.15) is 0 Å². The third kappa shape index (κ3) is 7.14. The summed E-state index contributed by atoms with van der Waals surface area (Å²) in [5.41, 5.74) is 0.959. The predicted octanol–water partition coefficient (Wildman–Crippen LogP) is 3.62. The van der Waals surface area contributed by atoms with E-state index < -0.39 is 16.1 Å².